The number of rotatable bonds is 18. The summed E-state index contributed by atoms with van der Waals surface area (Å²) >= 11 is 0. The maximum Gasteiger partial charge on any atom is 0.136 e. The summed E-state index contributed by atoms with van der Waals surface area (Å²) in [6, 6.07) is 28.4. The Kier molecular flexibility index (Phi) is 17.6. The Labute approximate surface area is 348 Å². The van der Waals surface area contributed by atoms with Crippen molar-refractivity contribution in [1.82, 2.24) is 10.6 Å². The van der Waals surface area contributed by atoms with Gasteiger partial charge in [0.2, 0.25) is 0 Å². The molecule has 4 aromatic carbocycles. The van der Waals surface area contributed by atoms with Crippen LogP contribution >= 0.6 is 0 Å². The summed E-state index contributed by atoms with van der Waals surface area (Å²) in [6.45, 7) is 13.4. The van der Waals surface area contributed by atoms with Gasteiger partial charge in [-0.1, -0.05) is 65.7 Å². The molecule has 0 aromatic heterocycles. The molecule has 0 radical (unpaired) electrons. The van der Waals surface area contributed by atoms with Crippen molar-refractivity contribution in [3.05, 3.63) is 118 Å². The van der Waals surface area contributed by atoms with Crippen molar-refractivity contribution in [1.29, 1.82) is 0 Å². The molecule has 0 saturated carbocycles. The summed E-state index contributed by atoms with van der Waals surface area (Å²) in [5.74, 6) is 3.51. The van der Waals surface area contributed by atoms with Crippen LogP contribution in [0.15, 0.2) is 84.9 Å². The maximum atomic E-state index is 12.1. The van der Waals surface area contributed by atoms with Crippen LogP contribution in [0.3, 0.4) is 0 Å². The molecule has 0 unspecified atom stereocenters. The Morgan fingerprint density at radius 1 is 0.586 bits per heavy atom. The SMILES string of the molecule is COCCCC[C@@](O)(c1cc(C)ccc1Oc1ccc(C)cc1)[C@@H]1CCCNC1.COCCCC[C@@](O)(c1cccc(C)c1Oc1ccccc1C)[C@@H]1CCCNC1. The van der Waals surface area contributed by atoms with Crippen molar-refractivity contribution < 1.29 is 29.2 Å². The topological polar surface area (TPSA) is 101 Å². The van der Waals surface area contributed by atoms with E-state index in [9.17, 15) is 10.2 Å². The van der Waals surface area contributed by atoms with Crippen molar-refractivity contribution in [2.45, 2.75) is 103 Å². The number of para-hydroxylation sites is 2. The lowest BCUT2D eigenvalue weighted by atomic mass is 9.73. The Morgan fingerprint density at radius 2 is 1.16 bits per heavy atom. The quantitative estimate of drug-likeness (QED) is 0.0739. The molecule has 2 saturated heterocycles. The number of nitrogens with one attached hydrogen (secondary N) is 2. The van der Waals surface area contributed by atoms with Gasteiger partial charge in [0.05, 0.1) is 11.2 Å². The second-order valence-corrected chi connectivity index (χ2v) is 16.6. The molecule has 8 heteroatoms. The Bertz CT molecular complexity index is 1820. The van der Waals surface area contributed by atoms with Crippen LogP contribution in [0.25, 0.3) is 0 Å². The molecule has 4 aromatic rings. The van der Waals surface area contributed by atoms with Crippen LogP contribution in [0.2, 0.25) is 0 Å². The molecule has 4 atom stereocenters. The van der Waals surface area contributed by atoms with Gasteiger partial charge in [-0.3, -0.25) is 0 Å². The van der Waals surface area contributed by atoms with E-state index >= 15 is 0 Å². The average molecular weight is 795 g/mol. The lowest BCUT2D eigenvalue weighted by molar-refractivity contribution is -0.0450. The van der Waals surface area contributed by atoms with Crippen LogP contribution in [0.5, 0.6) is 23.0 Å². The molecular weight excluding hydrogens is 725 g/mol. The van der Waals surface area contributed by atoms with Crippen molar-refractivity contribution in [3.8, 4) is 23.0 Å². The van der Waals surface area contributed by atoms with Crippen molar-refractivity contribution in [2.75, 3.05) is 53.6 Å². The van der Waals surface area contributed by atoms with Gasteiger partial charge in [0.25, 0.3) is 0 Å². The van der Waals surface area contributed by atoms with E-state index in [4.69, 9.17) is 18.9 Å². The summed E-state index contributed by atoms with van der Waals surface area (Å²) in [6.07, 6.45) is 9.34. The fourth-order valence-corrected chi connectivity index (χ4v) is 8.63. The molecule has 0 amide bonds. The molecule has 8 nitrogen and oxygen atoms in total. The third-order valence-electron chi connectivity index (χ3n) is 12.1. The summed E-state index contributed by atoms with van der Waals surface area (Å²) in [7, 11) is 3.46. The number of unbranched alkanes of at least 4 members (excludes halogenated alkanes) is 2. The lowest BCUT2D eigenvalue weighted by Gasteiger charge is -2.40. The maximum absolute atomic E-state index is 12.1. The molecule has 0 bridgehead atoms. The smallest absolute Gasteiger partial charge is 0.136 e. The minimum Gasteiger partial charge on any atom is -0.457 e. The van der Waals surface area contributed by atoms with Gasteiger partial charge in [0, 0.05) is 63.5 Å². The first-order valence-corrected chi connectivity index (χ1v) is 21.6. The molecule has 0 aliphatic carbocycles. The predicted octanol–water partition coefficient (Wildman–Crippen LogP) is 10.2. The van der Waals surface area contributed by atoms with E-state index < -0.39 is 11.2 Å². The number of methoxy groups -OCH3 is 2. The molecule has 6 rings (SSSR count). The summed E-state index contributed by atoms with van der Waals surface area (Å²) in [5, 5.41) is 31.1. The Hall–Kier alpha value is -3.76. The number of hydrogen-bond acceptors (Lipinski definition) is 8. The fourth-order valence-electron chi connectivity index (χ4n) is 8.63. The number of benzene rings is 4. The summed E-state index contributed by atoms with van der Waals surface area (Å²) in [5.41, 5.74) is 4.43. The van der Waals surface area contributed by atoms with E-state index in [1.54, 1.807) is 14.2 Å². The molecule has 0 spiro atoms. The monoisotopic (exact) mass is 795 g/mol. The molecule has 316 valence electrons. The van der Waals surface area contributed by atoms with E-state index in [-0.39, 0.29) is 11.8 Å². The highest BCUT2D eigenvalue weighted by atomic mass is 16.5. The highest BCUT2D eigenvalue weighted by Gasteiger charge is 2.42. The zero-order valence-electron chi connectivity index (χ0n) is 36.1. The van der Waals surface area contributed by atoms with Gasteiger partial charge in [-0.05, 0) is 146 Å². The second-order valence-electron chi connectivity index (χ2n) is 16.6. The van der Waals surface area contributed by atoms with Gasteiger partial charge in [-0.15, -0.1) is 0 Å². The van der Waals surface area contributed by atoms with E-state index in [0.29, 0.717) is 12.8 Å². The Morgan fingerprint density at radius 3 is 1.72 bits per heavy atom. The van der Waals surface area contributed by atoms with E-state index in [1.807, 2.05) is 60.7 Å². The van der Waals surface area contributed by atoms with Crippen LogP contribution in [-0.4, -0.2) is 63.8 Å². The summed E-state index contributed by atoms with van der Waals surface area (Å²) in [4.78, 5) is 0. The first-order valence-electron chi connectivity index (χ1n) is 21.6. The lowest BCUT2D eigenvalue weighted by Crippen LogP contribution is -2.44. The molecule has 2 heterocycles. The van der Waals surface area contributed by atoms with Gasteiger partial charge in [-0.2, -0.15) is 0 Å². The number of piperidine rings is 2. The number of hydrogen-bond donors (Lipinski definition) is 4. The molecule has 2 aliphatic heterocycles. The second kappa shape index (κ2) is 22.6. The van der Waals surface area contributed by atoms with Crippen molar-refractivity contribution >= 4 is 0 Å². The van der Waals surface area contributed by atoms with Crippen molar-refractivity contribution in [3.63, 3.8) is 0 Å². The van der Waals surface area contributed by atoms with Crippen LogP contribution in [0.1, 0.15) is 97.6 Å². The number of aryl methyl sites for hydroxylation is 4. The molecular formula is C50H70N2O6. The standard InChI is InChI=1S/2C25H35NO3/c1-19-8-11-22(12-9-19)29-24-13-10-20(2)17-23(24)25(27,14-4-5-16-28-3)21-7-6-15-26-18-21;1-19-10-4-5-14-23(19)29-24-20(2)11-8-13-22(24)25(27,15-6-7-17-28-3)21-12-9-16-26-18-21/h8-13,17,21,26-27H,4-7,14-16,18H2,1-3H3;4-5,8,10-11,13-14,21,26-27H,6-7,9,12,15-18H2,1-3H3/t2*21-,25+/m11/s1. The van der Waals surface area contributed by atoms with Gasteiger partial charge in [-0.25, -0.2) is 0 Å². The normalized spacial score (nSPS) is 19.0. The third kappa shape index (κ3) is 12.2. The fraction of sp³-hybridized carbons (Fsp3) is 0.520. The van der Waals surface area contributed by atoms with Gasteiger partial charge >= 0.3 is 0 Å². The first kappa shape index (κ1) is 45.3. The highest BCUT2D eigenvalue weighted by molar-refractivity contribution is 5.49. The van der Waals surface area contributed by atoms with E-state index in [0.717, 1.165) is 142 Å². The number of ether oxygens (including phenoxy) is 4. The minimum absolute atomic E-state index is 0.166. The predicted molar refractivity (Wildman–Crippen MR) is 235 cm³/mol. The van der Waals surface area contributed by atoms with Gasteiger partial charge in [0.15, 0.2) is 0 Å². The first-order chi connectivity index (χ1) is 28.1. The average Bonchev–Trinajstić information content (AvgIpc) is 3.24. The zero-order valence-corrected chi connectivity index (χ0v) is 36.1. The highest BCUT2D eigenvalue weighted by Crippen LogP contribution is 2.46. The molecule has 58 heavy (non-hydrogen) atoms. The Balaban J connectivity index is 0.000000221. The minimum atomic E-state index is -0.925. The van der Waals surface area contributed by atoms with Crippen LogP contribution < -0.4 is 20.1 Å². The molecule has 2 aliphatic rings. The number of aliphatic hydroxyl groups is 2. The van der Waals surface area contributed by atoms with Crippen LogP contribution in [0, 0.1) is 39.5 Å². The van der Waals surface area contributed by atoms with E-state index in [2.05, 4.69) is 62.6 Å². The van der Waals surface area contributed by atoms with Crippen molar-refractivity contribution in [2.24, 2.45) is 11.8 Å². The summed E-state index contributed by atoms with van der Waals surface area (Å²) < 4.78 is 23.2. The molecule has 2 fully saturated rings. The van der Waals surface area contributed by atoms with E-state index in [1.165, 1.54) is 5.56 Å². The van der Waals surface area contributed by atoms with Crippen LogP contribution in [0.4, 0.5) is 0 Å². The van der Waals surface area contributed by atoms with Crippen LogP contribution in [-0.2, 0) is 20.7 Å². The zero-order chi connectivity index (χ0) is 41.4. The van der Waals surface area contributed by atoms with Gasteiger partial charge < -0.3 is 39.8 Å². The van der Waals surface area contributed by atoms with Gasteiger partial charge in [0.1, 0.15) is 23.0 Å². The third-order valence-corrected chi connectivity index (χ3v) is 12.1. The molecule has 4 N–H and O–H groups in total. The largest absolute Gasteiger partial charge is 0.457 e.